The molecule has 0 radical (unpaired) electrons. The van der Waals surface area contributed by atoms with E-state index >= 15 is 0 Å². The molecule has 0 spiro atoms. The Balaban J connectivity index is 4.48. The standard InChI is InChI=1S/C18H42O6Se2Si2/c1-7-19-27(20-8-2,21-9-3)17-13-15-26(25)16-14-18-28(22-10-4,23-11-5)24-12-6/h7-18H2,1-6H3. The molecule has 0 aromatic heterocycles. The second-order valence-corrected chi connectivity index (χ2v) is 20.2. The van der Waals surface area contributed by atoms with Crippen molar-refractivity contribution in [2.45, 2.75) is 77.1 Å². The molecule has 0 heterocycles. The molecule has 0 aliphatic heterocycles. The summed E-state index contributed by atoms with van der Waals surface area (Å²) in [5.74, 6) is 0. The first-order valence-corrected chi connectivity index (χ1v) is 21.3. The van der Waals surface area contributed by atoms with Crippen molar-refractivity contribution in [2.75, 3.05) is 39.6 Å². The summed E-state index contributed by atoms with van der Waals surface area (Å²) in [6.45, 7) is 15.9. The van der Waals surface area contributed by atoms with Crippen LogP contribution in [-0.2, 0) is 26.6 Å². The Bertz CT molecular complexity index is 336. The van der Waals surface area contributed by atoms with Crippen molar-refractivity contribution in [3.8, 4) is 0 Å². The van der Waals surface area contributed by atoms with E-state index in [0.29, 0.717) is 39.6 Å². The number of hydrogen-bond donors (Lipinski definition) is 0. The number of hydrogen-bond acceptors (Lipinski definition) is 6. The van der Waals surface area contributed by atoms with Crippen molar-refractivity contribution in [1.29, 1.82) is 0 Å². The van der Waals surface area contributed by atoms with Crippen LogP contribution in [0.15, 0.2) is 0 Å². The Kier molecular flexibility index (Phi) is 18.7. The number of rotatable bonds is 20. The molecule has 10 heteroatoms. The van der Waals surface area contributed by atoms with Crippen molar-refractivity contribution in [2.24, 2.45) is 0 Å². The Hall–Kier alpha value is 1.23. The Labute approximate surface area is 185 Å². The molecule has 0 saturated heterocycles. The quantitative estimate of drug-likeness (QED) is 0.207. The molecule has 0 bridgehead atoms. The van der Waals surface area contributed by atoms with Crippen LogP contribution in [0.1, 0.15) is 54.4 Å². The van der Waals surface area contributed by atoms with Crippen LogP contribution in [-0.4, -0.2) is 82.4 Å². The summed E-state index contributed by atoms with van der Waals surface area (Å²) < 4.78 is 35.7. The zero-order valence-corrected chi connectivity index (χ0v) is 24.2. The maximum atomic E-state index is 5.95. The minimum atomic E-state index is -2.50. The zero-order valence-electron chi connectivity index (χ0n) is 18.8. The fraction of sp³-hybridized carbons (Fsp3) is 1.00. The van der Waals surface area contributed by atoms with Gasteiger partial charge in [0.2, 0.25) is 0 Å². The first kappa shape index (κ1) is 29.2. The Morgan fingerprint density at radius 2 is 0.786 bits per heavy atom. The molecule has 0 aromatic rings. The van der Waals surface area contributed by atoms with Gasteiger partial charge < -0.3 is 0 Å². The molecule has 28 heavy (non-hydrogen) atoms. The van der Waals surface area contributed by atoms with Crippen LogP contribution in [0.5, 0.6) is 0 Å². The normalized spacial score (nSPS) is 12.8. The van der Waals surface area contributed by atoms with Gasteiger partial charge in [-0.1, -0.05) is 0 Å². The second kappa shape index (κ2) is 17.9. The van der Waals surface area contributed by atoms with E-state index < -0.39 is 29.2 Å². The summed E-state index contributed by atoms with van der Waals surface area (Å²) in [5, 5.41) is 2.43. The molecule has 0 rings (SSSR count). The zero-order chi connectivity index (χ0) is 21.3. The molecule has 0 saturated carbocycles. The van der Waals surface area contributed by atoms with Crippen LogP contribution in [0.2, 0.25) is 22.7 Å². The topological polar surface area (TPSA) is 55.4 Å². The molecular weight excluding hydrogens is 526 g/mol. The fourth-order valence-electron chi connectivity index (χ4n) is 3.00. The predicted molar refractivity (Wildman–Crippen MR) is 121 cm³/mol. The molecule has 0 amide bonds. The van der Waals surface area contributed by atoms with Crippen LogP contribution < -0.4 is 0 Å². The maximum absolute atomic E-state index is 5.95. The van der Waals surface area contributed by atoms with Gasteiger partial charge >= 0.3 is 186 Å². The molecule has 0 unspecified atom stereocenters. The van der Waals surface area contributed by atoms with Crippen LogP contribution in [0.4, 0.5) is 0 Å². The van der Waals surface area contributed by atoms with E-state index in [2.05, 4.69) is 13.7 Å². The molecule has 0 fully saturated rings. The van der Waals surface area contributed by atoms with Crippen molar-refractivity contribution in [3.05, 3.63) is 0 Å². The van der Waals surface area contributed by atoms with Crippen LogP contribution >= 0.6 is 0 Å². The molecule has 0 aliphatic carbocycles. The first-order valence-electron chi connectivity index (χ1n) is 10.7. The molecule has 6 nitrogen and oxygen atoms in total. The summed E-state index contributed by atoms with van der Waals surface area (Å²) in [5.41, 5.74) is 0. The van der Waals surface area contributed by atoms with Gasteiger partial charge in [-0.2, -0.15) is 0 Å². The van der Waals surface area contributed by atoms with Crippen LogP contribution in [0.3, 0.4) is 0 Å². The average Bonchev–Trinajstić information content (AvgIpc) is 2.63. The predicted octanol–water partition coefficient (Wildman–Crippen LogP) is 4.02. The van der Waals surface area contributed by atoms with Gasteiger partial charge in [-0.15, -0.1) is 0 Å². The average molecular weight is 569 g/mol. The third-order valence-corrected chi connectivity index (χ3v) is 17.0. The van der Waals surface area contributed by atoms with E-state index in [-0.39, 0.29) is 0 Å². The van der Waals surface area contributed by atoms with Gasteiger partial charge in [0.15, 0.2) is 0 Å². The third kappa shape index (κ3) is 12.2. The van der Waals surface area contributed by atoms with E-state index in [1.165, 1.54) is 10.6 Å². The Morgan fingerprint density at radius 1 is 0.536 bits per heavy atom. The molecule has 0 aromatic carbocycles. The van der Waals surface area contributed by atoms with Crippen molar-refractivity contribution < 1.29 is 26.6 Å². The van der Waals surface area contributed by atoms with Gasteiger partial charge in [0, 0.05) is 0 Å². The summed E-state index contributed by atoms with van der Waals surface area (Å²) in [6, 6.07) is 1.81. The molecule has 170 valence electrons. The van der Waals surface area contributed by atoms with Gasteiger partial charge in [-0.25, -0.2) is 0 Å². The summed E-state index contributed by atoms with van der Waals surface area (Å²) in [6.07, 6.45) is 2.18. The van der Waals surface area contributed by atoms with E-state index in [1.807, 2.05) is 41.5 Å². The summed E-state index contributed by atoms with van der Waals surface area (Å²) in [7, 11) is -5.01. The van der Waals surface area contributed by atoms with Crippen molar-refractivity contribution in [3.63, 3.8) is 0 Å². The minimum absolute atomic E-state index is 0.642. The van der Waals surface area contributed by atoms with E-state index in [1.54, 1.807) is 0 Å². The molecular formula is C18H42O6Se2Si2. The van der Waals surface area contributed by atoms with E-state index in [4.69, 9.17) is 26.6 Å². The molecule has 0 atom stereocenters. The van der Waals surface area contributed by atoms with E-state index in [9.17, 15) is 0 Å². The summed E-state index contributed by atoms with van der Waals surface area (Å²) >= 11 is 2.68. The van der Waals surface area contributed by atoms with Gasteiger partial charge in [0.05, 0.1) is 0 Å². The fourth-order valence-corrected chi connectivity index (χ4v) is 14.3. The van der Waals surface area contributed by atoms with Gasteiger partial charge in [0.1, 0.15) is 0 Å². The van der Waals surface area contributed by atoms with Crippen LogP contribution in [0, 0.1) is 0 Å². The van der Waals surface area contributed by atoms with Gasteiger partial charge in [-0.05, 0) is 0 Å². The monoisotopic (exact) mass is 570 g/mol. The second-order valence-electron chi connectivity index (χ2n) is 6.02. The van der Waals surface area contributed by atoms with Gasteiger partial charge in [-0.3, -0.25) is 0 Å². The van der Waals surface area contributed by atoms with E-state index in [0.717, 1.165) is 24.9 Å². The molecule has 0 N–H and O–H groups in total. The SMILES string of the molecule is CCO[Si](CCC[Se](=[Se])CCC[Si](OCC)(OCC)OCC)(OCC)OCC. The van der Waals surface area contributed by atoms with Crippen molar-refractivity contribution in [1.82, 2.24) is 0 Å². The molecule has 0 aliphatic rings. The van der Waals surface area contributed by atoms with Gasteiger partial charge in [0.25, 0.3) is 0 Å². The first-order chi connectivity index (χ1) is 13.5. The summed E-state index contributed by atoms with van der Waals surface area (Å²) in [4.78, 5) is 0. The third-order valence-electron chi connectivity index (χ3n) is 3.90. The van der Waals surface area contributed by atoms with Crippen molar-refractivity contribution >= 4 is 42.8 Å². The Morgan fingerprint density at radius 3 is 1.00 bits per heavy atom. The van der Waals surface area contributed by atoms with Crippen LogP contribution in [0.25, 0.3) is 0 Å².